The van der Waals surface area contributed by atoms with Gasteiger partial charge in [-0.25, -0.2) is 0 Å². The Morgan fingerprint density at radius 1 is 1.27 bits per heavy atom. The first-order chi connectivity index (χ1) is 5.30. The molecule has 0 aromatic heterocycles. The molecule has 60 valence electrons. The van der Waals surface area contributed by atoms with E-state index in [0.717, 1.165) is 0 Å². The topological polar surface area (TPSA) is 43.1 Å². The van der Waals surface area contributed by atoms with Crippen LogP contribution in [0, 0.1) is 10.1 Å². The van der Waals surface area contributed by atoms with Crippen LogP contribution in [0.5, 0.6) is 0 Å². The molecule has 0 N–H and O–H groups in total. The van der Waals surface area contributed by atoms with E-state index in [-0.39, 0.29) is 5.69 Å². The van der Waals surface area contributed by atoms with Crippen molar-refractivity contribution in [3.05, 3.63) is 40.4 Å². The molecule has 0 unspecified atom stereocenters. The molecular weight excluding hydrogens is 257 g/mol. The molecule has 1 rings (SSSR count). The highest BCUT2D eigenvalue weighted by Crippen LogP contribution is 2.06. The Bertz CT molecular complexity index is 213. The third kappa shape index (κ3) is 3.92. The Hall–Kier alpha value is -0.650. The predicted octanol–water partition coefficient (Wildman–Crippen LogP) is 2.65. The summed E-state index contributed by atoms with van der Waals surface area (Å²) in [5.41, 5.74) is 0.137. The molecular formula is C7H8INO2. The van der Waals surface area contributed by atoms with Crippen molar-refractivity contribution in [1.29, 1.82) is 0 Å². The summed E-state index contributed by atoms with van der Waals surface area (Å²) in [7, 11) is 0. The van der Waals surface area contributed by atoms with Crippen LogP contribution in [0.25, 0.3) is 0 Å². The van der Waals surface area contributed by atoms with Crippen molar-refractivity contribution in [2.45, 2.75) is 0 Å². The zero-order valence-electron chi connectivity index (χ0n) is 6.03. The van der Waals surface area contributed by atoms with Crippen LogP contribution < -0.4 is 0 Å². The van der Waals surface area contributed by atoms with Gasteiger partial charge in [0.15, 0.2) is 0 Å². The van der Waals surface area contributed by atoms with Gasteiger partial charge >= 0.3 is 0 Å². The summed E-state index contributed by atoms with van der Waals surface area (Å²) in [5.74, 6) is 0. The number of benzene rings is 1. The van der Waals surface area contributed by atoms with Crippen molar-refractivity contribution in [3.63, 3.8) is 0 Å². The maximum absolute atomic E-state index is 10.0. The van der Waals surface area contributed by atoms with Gasteiger partial charge in [0.1, 0.15) is 0 Å². The number of rotatable bonds is 1. The number of halogens is 1. The number of non-ortho nitro benzene ring substituents is 1. The first kappa shape index (κ1) is 10.3. The molecule has 0 aliphatic heterocycles. The second-order valence-electron chi connectivity index (χ2n) is 1.59. The Labute approximate surface area is 78.7 Å². The summed E-state index contributed by atoms with van der Waals surface area (Å²) in [6.45, 7) is 0. The van der Waals surface area contributed by atoms with Gasteiger partial charge in [-0.05, 0) is 4.93 Å². The van der Waals surface area contributed by atoms with Crippen molar-refractivity contribution in [3.8, 4) is 0 Å². The van der Waals surface area contributed by atoms with Gasteiger partial charge in [0, 0.05) is 12.1 Å². The molecule has 3 nitrogen and oxygen atoms in total. The third-order valence-corrected chi connectivity index (χ3v) is 0.967. The Kier molecular flexibility index (Phi) is 5.73. The summed E-state index contributed by atoms with van der Waals surface area (Å²) in [4.78, 5) is 11.6. The lowest BCUT2D eigenvalue weighted by Crippen LogP contribution is -1.84. The third-order valence-electron chi connectivity index (χ3n) is 0.967. The summed E-state index contributed by atoms with van der Waals surface area (Å²) < 4.78 is 0. The quantitative estimate of drug-likeness (QED) is 0.339. The first-order valence-electron chi connectivity index (χ1n) is 2.88. The zero-order chi connectivity index (χ0) is 8.69. The second-order valence-corrected chi connectivity index (χ2v) is 1.59. The monoisotopic (exact) mass is 265 g/mol. The molecule has 0 fully saturated rings. The predicted molar refractivity (Wildman–Crippen MR) is 53.0 cm³/mol. The second kappa shape index (κ2) is 6.09. The minimum atomic E-state index is -0.417. The fraction of sp³-hybridized carbons (Fsp3) is 0.143. The molecule has 0 saturated carbocycles. The van der Waals surface area contributed by atoms with Crippen LogP contribution in [0.2, 0.25) is 0 Å². The van der Waals surface area contributed by atoms with Crippen LogP contribution >= 0.6 is 22.6 Å². The Morgan fingerprint density at radius 2 is 1.73 bits per heavy atom. The van der Waals surface area contributed by atoms with E-state index in [2.05, 4.69) is 22.6 Å². The number of nitro groups is 1. The maximum atomic E-state index is 10.0. The normalized spacial score (nSPS) is 7.82. The highest BCUT2D eigenvalue weighted by molar-refractivity contribution is 14.1. The van der Waals surface area contributed by atoms with Gasteiger partial charge in [-0.3, -0.25) is 10.1 Å². The van der Waals surface area contributed by atoms with Crippen molar-refractivity contribution in [1.82, 2.24) is 0 Å². The molecule has 0 spiro atoms. The number of alkyl halides is 1. The molecule has 0 heterocycles. The van der Waals surface area contributed by atoms with Crippen LogP contribution in [0.4, 0.5) is 5.69 Å². The average Bonchev–Trinajstić information content (AvgIpc) is 2.10. The molecule has 0 saturated heterocycles. The van der Waals surface area contributed by atoms with E-state index in [1.807, 2.05) is 4.93 Å². The zero-order valence-corrected chi connectivity index (χ0v) is 8.19. The summed E-state index contributed by atoms with van der Waals surface area (Å²) >= 11 is 2.15. The van der Waals surface area contributed by atoms with E-state index in [1.54, 1.807) is 18.2 Å². The van der Waals surface area contributed by atoms with Crippen LogP contribution in [-0.4, -0.2) is 9.85 Å². The fourth-order valence-electron chi connectivity index (χ4n) is 0.550. The number of hydrogen-bond donors (Lipinski definition) is 0. The Balaban J connectivity index is 0.000000461. The lowest BCUT2D eigenvalue weighted by Gasteiger charge is -1.85. The van der Waals surface area contributed by atoms with Crippen LogP contribution in [-0.2, 0) is 0 Å². The fourth-order valence-corrected chi connectivity index (χ4v) is 0.550. The molecule has 0 aliphatic rings. The van der Waals surface area contributed by atoms with Gasteiger partial charge in [-0.15, -0.1) is 0 Å². The van der Waals surface area contributed by atoms with Gasteiger partial charge in [-0.2, -0.15) is 0 Å². The van der Waals surface area contributed by atoms with Crippen molar-refractivity contribution >= 4 is 28.3 Å². The van der Waals surface area contributed by atoms with Crippen LogP contribution in [0.1, 0.15) is 0 Å². The minimum Gasteiger partial charge on any atom is -0.258 e. The van der Waals surface area contributed by atoms with E-state index in [0.29, 0.717) is 0 Å². The van der Waals surface area contributed by atoms with Crippen molar-refractivity contribution in [2.24, 2.45) is 0 Å². The SMILES string of the molecule is CI.O=[N+]([O-])c1ccccc1. The van der Waals surface area contributed by atoms with Gasteiger partial charge < -0.3 is 0 Å². The summed E-state index contributed by atoms with van der Waals surface area (Å²) in [5, 5.41) is 10.0. The lowest BCUT2D eigenvalue weighted by atomic mass is 10.3. The molecule has 1 aromatic carbocycles. The van der Waals surface area contributed by atoms with Crippen LogP contribution in [0.15, 0.2) is 30.3 Å². The standard InChI is InChI=1S/C6H5NO2.CH3I/c8-7(9)6-4-2-1-3-5-6;1-2/h1-5H;1H3. The number of nitro benzene ring substituents is 1. The van der Waals surface area contributed by atoms with E-state index < -0.39 is 4.92 Å². The first-order valence-corrected chi connectivity index (χ1v) is 5.03. The van der Waals surface area contributed by atoms with Gasteiger partial charge in [-0.1, -0.05) is 40.8 Å². The largest absolute Gasteiger partial charge is 0.269 e. The number of nitrogens with zero attached hydrogens (tertiary/aromatic N) is 1. The maximum Gasteiger partial charge on any atom is 0.269 e. The minimum absolute atomic E-state index is 0.137. The molecule has 1 aromatic rings. The number of hydrogen-bond acceptors (Lipinski definition) is 2. The molecule has 4 heteroatoms. The molecule has 0 amide bonds. The van der Waals surface area contributed by atoms with E-state index in [4.69, 9.17) is 0 Å². The van der Waals surface area contributed by atoms with Crippen molar-refractivity contribution < 1.29 is 4.92 Å². The molecule has 0 radical (unpaired) electrons. The molecule has 0 bridgehead atoms. The van der Waals surface area contributed by atoms with E-state index in [1.165, 1.54) is 12.1 Å². The molecule has 0 aliphatic carbocycles. The highest BCUT2D eigenvalue weighted by Gasteiger charge is 1.98. The highest BCUT2D eigenvalue weighted by atomic mass is 127. The van der Waals surface area contributed by atoms with Gasteiger partial charge in [0.05, 0.1) is 4.92 Å². The lowest BCUT2D eigenvalue weighted by molar-refractivity contribution is -0.384. The Morgan fingerprint density at radius 3 is 2.00 bits per heavy atom. The smallest absolute Gasteiger partial charge is 0.258 e. The van der Waals surface area contributed by atoms with Crippen molar-refractivity contribution in [2.75, 3.05) is 4.93 Å². The average molecular weight is 265 g/mol. The molecule has 11 heavy (non-hydrogen) atoms. The molecule has 0 atom stereocenters. The summed E-state index contributed by atoms with van der Waals surface area (Å²) in [6, 6.07) is 7.93. The van der Waals surface area contributed by atoms with Crippen LogP contribution in [0.3, 0.4) is 0 Å². The van der Waals surface area contributed by atoms with Gasteiger partial charge in [0.25, 0.3) is 5.69 Å². The summed E-state index contributed by atoms with van der Waals surface area (Å²) in [6.07, 6.45) is 0. The number of para-hydroxylation sites is 1. The van der Waals surface area contributed by atoms with E-state index >= 15 is 0 Å². The van der Waals surface area contributed by atoms with E-state index in [9.17, 15) is 10.1 Å². The van der Waals surface area contributed by atoms with Gasteiger partial charge in [0.2, 0.25) is 0 Å².